The molecule has 0 aromatic carbocycles. The molecule has 0 bridgehead atoms. The first-order valence-electron chi connectivity index (χ1n) is 6.23. The molecule has 1 aromatic heterocycles. The van der Waals surface area contributed by atoms with Crippen molar-refractivity contribution in [1.29, 1.82) is 0 Å². The number of thiazole rings is 1. The second-order valence-corrected chi connectivity index (χ2v) is 5.88. The maximum absolute atomic E-state index is 4.62. The minimum atomic E-state index is 0.366. The van der Waals surface area contributed by atoms with Crippen molar-refractivity contribution in [2.45, 2.75) is 59.5 Å². The van der Waals surface area contributed by atoms with Crippen molar-refractivity contribution in [3.05, 3.63) is 16.1 Å². The summed E-state index contributed by atoms with van der Waals surface area (Å²) in [5.41, 5.74) is 1.19. The lowest BCUT2D eigenvalue weighted by Gasteiger charge is -2.20. The lowest BCUT2D eigenvalue weighted by Crippen LogP contribution is -2.30. The number of aromatic nitrogens is 1. The third-order valence-corrected chi connectivity index (χ3v) is 3.69. The largest absolute Gasteiger partial charge is 0.306 e. The van der Waals surface area contributed by atoms with Crippen LogP contribution in [0.25, 0.3) is 0 Å². The first kappa shape index (κ1) is 13.7. The molecule has 0 radical (unpaired) electrons. The lowest BCUT2D eigenvalue weighted by molar-refractivity contribution is 0.403. The molecule has 2 atom stereocenters. The van der Waals surface area contributed by atoms with Crippen LogP contribution in [0.3, 0.4) is 0 Å². The van der Waals surface area contributed by atoms with E-state index in [1.165, 1.54) is 17.1 Å². The van der Waals surface area contributed by atoms with Gasteiger partial charge in [-0.25, -0.2) is 4.98 Å². The van der Waals surface area contributed by atoms with E-state index >= 15 is 0 Å². The first-order chi connectivity index (χ1) is 7.52. The molecule has 1 N–H and O–H groups in total. The minimum Gasteiger partial charge on any atom is -0.306 e. The van der Waals surface area contributed by atoms with Gasteiger partial charge >= 0.3 is 0 Å². The van der Waals surface area contributed by atoms with Crippen molar-refractivity contribution in [3.8, 4) is 0 Å². The summed E-state index contributed by atoms with van der Waals surface area (Å²) >= 11 is 1.77. The molecule has 0 fully saturated rings. The van der Waals surface area contributed by atoms with Crippen molar-refractivity contribution in [3.63, 3.8) is 0 Å². The second kappa shape index (κ2) is 6.36. The molecule has 0 spiro atoms. The van der Waals surface area contributed by atoms with Gasteiger partial charge in [0.1, 0.15) is 0 Å². The van der Waals surface area contributed by atoms with Crippen LogP contribution in [0.1, 0.15) is 57.8 Å². The predicted octanol–water partition coefficient (Wildman–Crippen LogP) is 3.79. The van der Waals surface area contributed by atoms with Gasteiger partial charge in [-0.05, 0) is 32.6 Å². The summed E-state index contributed by atoms with van der Waals surface area (Å²) in [6, 6.07) is 0.923. The van der Waals surface area contributed by atoms with Gasteiger partial charge in [-0.3, -0.25) is 0 Å². The summed E-state index contributed by atoms with van der Waals surface area (Å²) < 4.78 is 0. The summed E-state index contributed by atoms with van der Waals surface area (Å²) in [7, 11) is 0. The Balaban J connectivity index is 2.48. The molecule has 2 unspecified atom stereocenters. The third kappa shape index (κ3) is 4.22. The summed E-state index contributed by atoms with van der Waals surface area (Å²) in [5.74, 6) is 0.747. The Morgan fingerprint density at radius 1 is 1.31 bits per heavy atom. The first-order valence-corrected chi connectivity index (χ1v) is 7.11. The fourth-order valence-corrected chi connectivity index (χ4v) is 2.81. The number of nitrogens with zero attached hydrogens (tertiary/aromatic N) is 1. The fourth-order valence-electron chi connectivity index (χ4n) is 1.97. The maximum Gasteiger partial charge on any atom is 0.0926 e. The van der Waals surface area contributed by atoms with Crippen molar-refractivity contribution in [1.82, 2.24) is 10.3 Å². The van der Waals surface area contributed by atoms with E-state index in [-0.39, 0.29) is 0 Å². The highest BCUT2D eigenvalue weighted by Gasteiger charge is 2.13. The van der Waals surface area contributed by atoms with Gasteiger partial charge in [-0.15, -0.1) is 11.3 Å². The van der Waals surface area contributed by atoms with Crippen molar-refractivity contribution in [2.24, 2.45) is 5.92 Å². The van der Waals surface area contributed by atoms with E-state index in [1.54, 1.807) is 11.3 Å². The molecular weight excluding hydrogens is 216 g/mol. The Kier molecular flexibility index (Phi) is 5.42. The average Bonchev–Trinajstić information content (AvgIpc) is 2.64. The van der Waals surface area contributed by atoms with Crippen LogP contribution in [0.4, 0.5) is 0 Å². The highest BCUT2D eigenvalue weighted by molar-refractivity contribution is 7.09. The van der Waals surface area contributed by atoms with Gasteiger partial charge in [-0.1, -0.05) is 20.8 Å². The number of hydrogen-bond acceptors (Lipinski definition) is 3. The van der Waals surface area contributed by atoms with Crippen LogP contribution in [0.2, 0.25) is 0 Å². The quantitative estimate of drug-likeness (QED) is 0.818. The van der Waals surface area contributed by atoms with Crippen LogP contribution in [0, 0.1) is 5.92 Å². The van der Waals surface area contributed by atoms with Gasteiger partial charge in [-0.2, -0.15) is 0 Å². The zero-order valence-electron chi connectivity index (χ0n) is 11.1. The molecule has 0 aliphatic heterocycles. The Labute approximate surface area is 103 Å². The van der Waals surface area contributed by atoms with Crippen LogP contribution in [0.15, 0.2) is 5.38 Å². The molecular formula is C13H24N2S. The summed E-state index contributed by atoms with van der Waals surface area (Å²) in [6.07, 6.45) is 2.26. The number of rotatable bonds is 6. The molecule has 92 valence electrons. The van der Waals surface area contributed by atoms with E-state index in [0.717, 1.165) is 12.3 Å². The van der Waals surface area contributed by atoms with E-state index in [0.29, 0.717) is 12.1 Å². The van der Waals surface area contributed by atoms with Crippen LogP contribution in [-0.4, -0.2) is 11.0 Å². The van der Waals surface area contributed by atoms with Gasteiger partial charge in [0.15, 0.2) is 0 Å². The normalized spacial score (nSPS) is 15.4. The average molecular weight is 240 g/mol. The van der Waals surface area contributed by atoms with Crippen molar-refractivity contribution >= 4 is 11.3 Å². The van der Waals surface area contributed by atoms with Gasteiger partial charge in [0, 0.05) is 17.5 Å². The Morgan fingerprint density at radius 2 is 2.00 bits per heavy atom. The van der Waals surface area contributed by atoms with E-state index in [4.69, 9.17) is 0 Å². The van der Waals surface area contributed by atoms with Gasteiger partial charge in [0.2, 0.25) is 0 Å². The number of hydrogen-bond donors (Lipinski definition) is 1. The lowest BCUT2D eigenvalue weighted by atomic mass is 10.0. The molecule has 1 heterocycles. The van der Waals surface area contributed by atoms with E-state index in [9.17, 15) is 0 Å². The molecule has 0 saturated carbocycles. The molecule has 2 nitrogen and oxygen atoms in total. The molecule has 1 rings (SSSR count). The SMILES string of the molecule is CCc1nc(C(C)NC(C)CC(C)C)cs1. The van der Waals surface area contributed by atoms with Crippen molar-refractivity contribution < 1.29 is 0 Å². The molecule has 3 heteroatoms. The zero-order chi connectivity index (χ0) is 12.1. The van der Waals surface area contributed by atoms with Gasteiger partial charge in [0.05, 0.1) is 10.7 Å². The molecule has 16 heavy (non-hydrogen) atoms. The second-order valence-electron chi connectivity index (χ2n) is 4.94. The molecule has 1 aromatic rings. The fraction of sp³-hybridized carbons (Fsp3) is 0.769. The predicted molar refractivity (Wildman–Crippen MR) is 72.0 cm³/mol. The Morgan fingerprint density at radius 3 is 2.50 bits per heavy atom. The van der Waals surface area contributed by atoms with Crippen LogP contribution < -0.4 is 5.32 Å². The van der Waals surface area contributed by atoms with E-state index in [1.807, 2.05) is 0 Å². The Bertz CT molecular complexity index is 307. The molecule has 0 amide bonds. The molecule has 0 aliphatic rings. The summed E-state index contributed by atoms with van der Waals surface area (Å²) in [5, 5.41) is 7.02. The third-order valence-electron chi connectivity index (χ3n) is 2.68. The van der Waals surface area contributed by atoms with Crippen LogP contribution in [-0.2, 0) is 6.42 Å². The minimum absolute atomic E-state index is 0.366. The van der Waals surface area contributed by atoms with Gasteiger partial charge < -0.3 is 5.32 Å². The number of aryl methyl sites for hydroxylation is 1. The Hall–Kier alpha value is -0.410. The van der Waals surface area contributed by atoms with Crippen LogP contribution in [0.5, 0.6) is 0 Å². The van der Waals surface area contributed by atoms with E-state index in [2.05, 4.69) is 50.3 Å². The smallest absolute Gasteiger partial charge is 0.0926 e. The van der Waals surface area contributed by atoms with E-state index < -0.39 is 0 Å². The molecule has 0 aliphatic carbocycles. The van der Waals surface area contributed by atoms with Gasteiger partial charge in [0.25, 0.3) is 0 Å². The maximum atomic E-state index is 4.62. The standard InChI is InChI=1S/C13H24N2S/c1-6-13-15-12(8-16-13)11(5)14-10(4)7-9(2)3/h8-11,14H,6-7H2,1-5H3. The number of nitrogens with one attached hydrogen (secondary N) is 1. The zero-order valence-corrected chi connectivity index (χ0v) is 11.9. The molecule has 0 saturated heterocycles. The highest BCUT2D eigenvalue weighted by Crippen LogP contribution is 2.18. The highest BCUT2D eigenvalue weighted by atomic mass is 32.1. The van der Waals surface area contributed by atoms with Crippen LogP contribution >= 0.6 is 11.3 Å². The topological polar surface area (TPSA) is 24.9 Å². The van der Waals surface area contributed by atoms with Crippen molar-refractivity contribution in [2.75, 3.05) is 0 Å². The summed E-state index contributed by atoms with van der Waals surface area (Å²) in [6.45, 7) is 11.1. The monoisotopic (exact) mass is 240 g/mol. The summed E-state index contributed by atoms with van der Waals surface area (Å²) in [4.78, 5) is 4.62.